The van der Waals surface area contributed by atoms with Gasteiger partial charge < -0.3 is 15.4 Å². The second kappa shape index (κ2) is 9.92. The number of hydrogen-bond donors (Lipinski definition) is 2. The predicted octanol–water partition coefficient (Wildman–Crippen LogP) is 3.48. The molecule has 2 N–H and O–H groups in total. The first-order valence-corrected chi connectivity index (χ1v) is 9.39. The van der Waals surface area contributed by atoms with E-state index in [0.717, 1.165) is 44.5 Å². The predicted molar refractivity (Wildman–Crippen MR) is 102 cm³/mol. The van der Waals surface area contributed by atoms with Crippen LogP contribution in [0.3, 0.4) is 0 Å². The first kappa shape index (κ1) is 18.4. The number of carbonyl (C=O) groups is 1. The Hall–Kier alpha value is -2.40. The molecule has 1 fully saturated rings. The molecule has 1 aliphatic heterocycles. The van der Waals surface area contributed by atoms with Crippen molar-refractivity contribution in [3.63, 3.8) is 0 Å². The Morgan fingerprint density at radius 1 is 1.15 bits per heavy atom. The molecule has 0 aliphatic carbocycles. The molecule has 1 aromatic carbocycles. The van der Waals surface area contributed by atoms with Crippen LogP contribution >= 0.6 is 0 Å². The lowest BCUT2D eigenvalue weighted by Crippen LogP contribution is -2.42. The Kier molecular flexibility index (Phi) is 7.02. The standard InChI is InChI=1S/C21H27N3O2/c25-21(23-13-4-8-17-6-2-1-3-7-17)24-20(18-10-14-26-15-11-18)19-9-5-12-22-16-19/h1-3,5-7,9,12,16,18,20H,4,8,10-11,13-15H2,(H2,23,24,25). The lowest BCUT2D eigenvalue weighted by atomic mass is 9.88. The Morgan fingerprint density at radius 3 is 2.69 bits per heavy atom. The number of urea groups is 1. The fourth-order valence-electron chi connectivity index (χ4n) is 3.41. The summed E-state index contributed by atoms with van der Waals surface area (Å²) in [5.74, 6) is 0.378. The maximum absolute atomic E-state index is 12.4. The maximum Gasteiger partial charge on any atom is 0.315 e. The first-order chi connectivity index (χ1) is 12.8. The largest absolute Gasteiger partial charge is 0.381 e. The zero-order valence-electron chi connectivity index (χ0n) is 15.1. The van der Waals surface area contributed by atoms with Crippen molar-refractivity contribution in [2.24, 2.45) is 5.92 Å². The molecule has 1 saturated heterocycles. The third-order valence-electron chi connectivity index (χ3n) is 4.84. The highest BCUT2D eigenvalue weighted by Crippen LogP contribution is 2.29. The number of aryl methyl sites for hydroxylation is 1. The molecular formula is C21H27N3O2. The molecule has 0 spiro atoms. The number of aromatic nitrogens is 1. The summed E-state index contributed by atoms with van der Waals surface area (Å²) in [4.78, 5) is 16.6. The highest BCUT2D eigenvalue weighted by atomic mass is 16.5. The van der Waals surface area contributed by atoms with Crippen molar-refractivity contribution in [3.05, 3.63) is 66.0 Å². The number of benzene rings is 1. The third kappa shape index (κ3) is 5.56. The Morgan fingerprint density at radius 2 is 1.96 bits per heavy atom. The molecule has 0 saturated carbocycles. The molecule has 26 heavy (non-hydrogen) atoms. The average molecular weight is 353 g/mol. The van der Waals surface area contributed by atoms with E-state index in [1.807, 2.05) is 36.5 Å². The van der Waals surface area contributed by atoms with Gasteiger partial charge in [0.1, 0.15) is 0 Å². The molecule has 5 heteroatoms. The van der Waals surface area contributed by atoms with E-state index in [1.165, 1.54) is 5.56 Å². The van der Waals surface area contributed by atoms with E-state index >= 15 is 0 Å². The van der Waals surface area contributed by atoms with Gasteiger partial charge in [0.2, 0.25) is 0 Å². The topological polar surface area (TPSA) is 63.2 Å². The van der Waals surface area contributed by atoms with Gasteiger partial charge in [-0.15, -0.1) is 0 Å². The van der Waals surface area contributed by atoms with Crippen LogP contribution < -0.4 is 10.6 Å². The molecule has 1 aromatic heterocycles. The molecule has 1 unspecified atom stereocenters. The highest BCUT2D eigenvalue weighted by Gasteiger charge is 2.27. The molecule has 1 aliphatic rings. The molecular weight excluding hydrogens is 326 g/mol. The van der Waals surface area contributed by atoms with Crippen molar-refractivity contribution in [2.45, 2.75) is 31.7 Å². The van der Waals surface area contributed by atoms with Crippen LogP contribution in [0.4, 0.5) is 4.79 Å². The number of hydrogen-bond acceptors (Lipinski definition) is 3. The monoisotopic (exact) mass is 353 g/mol. The number of carbonyl (C=O) groups excluding carboxylic acids is 1. The highest BCUT2D eigenvalue weighted by molar-refractivity contribution is 5.74. The van der Waals surface area contributed by atoms with Crippen LogP contribution in [0.15, 0.2) is 54.9 Å². The van der Waals surface area contributed by atoms with Crippen molar-refractivity contribution in [1.29, 1.82) is 0 Å². The number of ether oxygens (including phenoxy) is 1. The second-order valence-electron chi connectivity index (χ2n) is 6.70. The summed E-state index contributed by atoms with van der Waals surface area (Å²) in [5, 5.41) is 6.15. The van der Waals surface area contributed by atoms with Crippen molar-refractivity contribution in [2.75, 3.05) is 19.8 Å². The summed E-state index contributed by atoms with van der Waals surface area (Å²) in [7, 11) is 0. The van der Waals surface area contributed by atoms with E-state index in [2.05, 4.69) is 27.8 Å². The van der Waals surface area contributed by atoms with Gasteiger partial charge >= 0.3 is 6.03 Å². The maximum atomic E-state index is 12.4. The zero-order valence-corrected chi connectivity index (χ0v) is 15.1. The smallest absolute Gasteiger partial charge is 0.315 e. The van der Waals surface area contributed by atoms with Crippen LogP contribution in [-0.4, -0.2) is 30.8 Å². The summed E-state index contributed by atoms with van der Waals surface area (Å²) < 4.78 is 5.47. The van der Waals surface area contributed by atoms with Crippen molar-refractivity contribution >= 4 is 6.03 Å². The molecule has 3 rings (SSSR count). The number of amides is 2. The Bertz CT molecular complexity index is 657. The first-order valence-electron chi connectivity index (χ1n) is 9.39. The number of nitrogens with zero attached hydrogens (tertiary/aromatic N) is 1. The average Bonchev–Trinajstić information content (AvgIpc) is 2.71. The van der Waals surface area contributed by atoms with Crippen LogP contribution in [0.1, 0.15) is 36.4 Å². The summed E-state index contributed by atoms with van der Waals surface area (Å²) >= 11 is 0. The SMILES string of the molecule is O=C(NCCCc1ccccc1)NC(c1cccnc1)C1CCOCC1. The fraction of sp³-hybridized carbons (Fsp3) is 0.429. The number of rotatable bonds is 7. The Labute approximate surface area is 155 Å². The molecule has 138 valence electrons. The van der Waals surface area contributed by atoms with E-state index in [1.54, 1.807) is 6.20 Å². The Balaban J connectivity index is 1.50. The fourth-order valence-corrected chi connectivity index (χ4v) is 3.41. The van der Waals surface area contributed by atoms with Gasteiger partial charge in [0, 0.05) is 32.2 Å². The molecule has 5 nitrogen and oxygen atoms in total. The lowest BCUT2D eigenvalue weighted by molar-refractivity contribution is 0.0547. The van der Waals surface area contributed by atoms with E-state index < -0.39 is 0 Å². The minimum absolute atomic E-state index is 0.0262. The molecule has 2 aromatic rings. The lowest BCUT2D eigenvalue weighted by Gasteiger charge is -2.31. The van der Waals surface area contributed by atoms with E-state index in [-0.39, 0.29) is 12.1 Å². The summed E-state index contributed by atoms with van der Waals surface area (Å²) in [5.41, 5.74) is 2.35. The van der Waals surface area contributed by atoms with Gasteiger partial charge in [-0.2, -0.15) is 0 Å². The van der Waals surface area contributed by atoms with Crippen LogP contribution in [0.2, 0.25) is 0 Å². The van der Waals surface area contributed by atoms with E-state index in [0.29, 0.717) is 12.5 Å². The molecule has 0 bridgehead atoms. The minimum Gasteiger partial charge on any atom is -0.381 e. The van der Waals surface area contributed by atoms with Crippen LogP contribution in [0.5, 0.6) is 0 Å². The van der Waals surface area contributed by atoms with Crippen molar-refractivity contribution in [3.8, 4) is 0 Å². The molecule has 2 heterocycles. The summed E-state index contributed by atoms with van der Waals surface area (Å²) in [6.07, 6.45) is 7.39. The minimum atomic E-state index is -0.113. The summed E-state index contributed by atoms with van der Waals surface area (Å²) in [6, 6.07) is 14.1. The van der Waals surface area contributed by atoms with Gasteiger partial charge in [-0.1, -0.05) is 36.4 Å². The molecule has 1 atom stereocenters. The van der Waals surface area contributed by atoms with Gasteiger partial charge in [0.25, 0.3) is 0 Å². The van der Waals surface area contributed by atoms with Crippen molar-refractivity contribution in [1.82, 2.24) is 15.6 Å². The van der Waals surface area contributed by atoms with Crippen LogP contribution in [0, 0.1) is 5.92 Å². The quantitative estimate of drug-likeness (QED) is 0.749. The summed E-state index contributed by atoms with van der Waals surface area (Å²) in [6.45, 7) is 2.16. The number of nitrogens with one attached hydrogen (secondary N) is 2. The van der Waals surface area contributed by atoms with E-state index in [9.17, 15) is 4.79 Å². The zero-order chi connectivity index (χ0) is 18.0. The van der Waals surface area contributed by atoms with Crippen molar-refractivity contribution < 1.29 is 9.53 Å². The molecule has 0 radical (unpaired) electrons. The van der Waals surface area contributed by atoms with Gasteiger partial charge in [-0.05, 0) is 48.8 Å². The third-order valence-corrected chi connectivity index (χ3v) is 4.84. The van der Waals surface area contributed by atoms with E-state index in [4.69, 9.17) is 4.74 Å². The number of pyridine rings is 1. The normalized spacial score (nSPS) is 16.0. The second-order valence-corrected chi connectivity index (χ2v) is 6.70. The van der Waals surface area contributed by atoms with Crippen LogP contribution in [0.25, 0.3) is 0 Å². The van der Waals surface area contributed by atoms with Gasteiger partial charge in [0.05, 0.1) is 6.04 Å². The van der Waals surface area contributed by atoms with Gasteiger partial charge in [-0.3, -0.25) is 4.98 Å². The van der Waals surface area contributed by atoms with Gasteiger partial charge in [0.15, 0.2) is 0 Å². The molecule has 2 amide bonds. The van der Waals surface area contributed by atoms with Crippen LogP contribution in [-0.2, 0) is 11.2 Å². The van der Waals surface area contributed by atoms with Gasteiger partial charge in [-0.25, -0.2) is 4.79 Å².